The molecule has 0 amide bonds. The lowest BCUT2D eigenvalue weighted by Crippen LogP contribution is -2.13. The standard InChI is InChI=1S/C19H12F6N6/c20-18(21,22)16-9-17(19(23,24)25)31(28-16)14-5-1-11(2-6-14)15-10-30(29-27-15)13-7-3-12(26)4-8-13/h1-10H,26H2. The minimum atomic E-state index is -5.02. The van der Waals surface area contributed by atoms with Gasteiger partial charge in [0.05, 0.1) is 17.6 Å². The Morgan fingerprint density at radius 2 is 1.39 bits per heavy atom. The van der Waals surface area contributed by atoms with Gasteiger partial charge in [0, 0.05) is 17.3 Å². The minimum Gasteiger partial charge on any atom is -0.399 e. The molecule has 0 spiro atoms. The maximum absolute atomic E-state index is 13.2. The number of hydrogen-bond donors (Lipinski definition) is 1. The van der Waals surface area contributed by atoms with E-state index in [-0.39, 0.29) is 16.4 Å². The molecular weight excluding hydrogens is 426 g/mol. The Hall–Kier alpha value is -3.83. The van der Waals surface area contributed by atoms with E-state index in [0.29, 0.717) is 22.6 Å². The van der Waals surface area contributed by atoms with Crippen molar-refractivity contribution in [3.63, 3.8) is 0 Å². The van der Waals surface area contributed by atoms with Crippen molar-refractivity contribution in [2.75, 3.05) is 5.73 Å². The van der Waals surface area contributed by atoms with Crippen LogP contribution in [-0.4, -0.2) is 24.8 Å². The number of anilines is 1. The van der Waals surface area contributed by atoms with E-state index in [1.807, 2.05) is 0 Å². The Kier molecular flexibility index (Phi) is 4.71. The molecule has 12 heteroatoms. The molecule has 2 heterocycles. The SMILES string of the molecule is Nc1ccc(-n2cc(-c3ccc(-n4nc(C(F)(F)F)cc4C(F)(F)F)cc3)nn2)cc1. The molecule has 0 aliphatic heterocycles. The van der Waals surface area contributed by atoms with Crippen molar-refractivity contribution in [1.82, 2.24) is 24.8 Å². The van der Waals surface area contributed by atoms with Crippen LogP contribution in [0.1, 0.15) is 11.4 Å². The van der Waals surface area contributed by atoms with Gasteiger partial charge in [0.25, 0.3) is 0 Å². The van der Waals surface area contributed by atoms with Gasteiger partial charge in [-0.1, -0.05) is 17.3 Å². The summed E-state index contributed by atoms with van der Waals surface area (Å²) in [4.78, 5) is 0. The zero-order valence-corrected chi connectivity index (χ0v) is 15.4. The zero-order valence-electron chi connectivity index (χ0n) is 15.4. The third-order valence-corrected chi connectivity index (χ3v) is 4.35. The van der Waals surface area contributed by atoms with E-state index >= 15 is 0 Å². The van der Waals surface area contributed by atoms with Crippen molar-refractivity contribution in [2.45, 2.75) is 12.4 Å². The second-order valence-corrected chi connectivity index (χ2v) is 6.51. The van der Waals surface area contributed by atoms with Crippen LogP contribution in [0.4, 0.5) is 32.0 Å². The molecule has 160 valence electrons. The molecule has 2 N–H and O–H groups in total. The second-order valence-electron chi connectivity index (χ2n) is 6.51. The number of nitrogens with zero attached hydrogens (tertiary/aromatic N) is 5. The van der Waals surface area contributed by atoms with E-state index in [0.717, 1.165) is 0 Å². The molecule has 0 saturated heterocycles. The van der Waals surface area contributed by atoms with Gasteiger partial charge in [0.2, 0.25) is 0 Å². The number of aromatic nitrogens is 5. The van der Waals surface area contributed by atoms with Crippen LogP contribution in [0.3, 0.4) is 0 Å². The summed E-state index contributed by atoms with van der Waals surface area (Å²) in [5.41, 5.74) is 4.48. The number of hydrogen-bond acceptors (Lipinski definition) is 4. The first kappa shape index (κ1) is 20.4. The molecular formula is C19H12F6N6. The molecule has 4 rings (SSSR count). The van der Waals surface area contributed by atoms with Crippen LogP contribution >= 0.6 is 0 Å². The van der Waals surface area contributed by atoms with Crippen LogP contribution < -0.4 is 5.73 Å². The monoisotopic (exact) mass is 438 g/mol. The maximum atomic E-state index is 13.2. The molecule has 6 nitrogen and oxygen atoms in total. The first-order chi connectivity index (χ1) is 14.5. The highest BCUT2D eigenvalue weighted by molar-refractivity contribution is 5.60. The van der Waals surface area contributed by atoms with Gasteiger partial charge in [-0.15, -0.1) is 5.10 Å². The van der Waals surface area contributed by atoms with E-state index in [9.17, 15) is 26.3 Å². The van der Waals surface area contributed by atoms with Gasteiger partial charge in [0.1, 0.15) is 11.4 Å². The average molecular weight is 438 g/mol. The quantitative estimate of drug-likeness (QED) is 0.370. The molecule has 0 bridgehead atoms. The molecule has 0 radical (unpaired) electrons. The third kappa shape index (κ3) is 4.09. The van der Waals surface area contributed by atoms with Gasteiger partial charge in [-0.25, -0.2) is 9.36 Å². The zero-order chi connectivity index (χ0) is 22.4. The summed E-state index contributed by atoms with van der Waals surface area (Å²) in [6.45, 7) is 0. The van der Waals surface area contributed by atoms with E-state index in [1.54, 1.807) is 30.5 Å². The Bertz CT molecular complexity index is 1200. The topological polar surface area (TPSA) is 74.5 Å². The van der Waals surface area contributed by atoms with Crippen LogP contribution in [0, 0.1) is 0 Å². The van der Waals surface area contributed by atoms with Crippen molar-refractivity contribution >= 4 is 5.69 Å². The predicted molar refractivity (Wildman–Crippen MR) is 98.3 cm³/mol. The highest BCUT2D eigenvalue weighted by Gasteiger charge is 2.42. The number of nitrogen functional groups attached to an aromatic ring is 1. The molecule has 0 aliphatic carbocycles. The predicted octanol–water partition coefficient (Wildman–Crippen LogP) is 4.74. The Morgan fingerprint density at radius 1 is 0.774 bits per heavy atom. The number of nitrogens with two attached hydrogens (primary N) is 1. The first-order valence-electron chi connectivity index (χ1n) is 8.66. The Labute approximate surface area is 170 Å². The molecule has 31 heavy (non-hydrogen) atoms. The van der Waals surface area contributed by atoms with Crippen LogP contribution in [-0.2, 0) is 12.4 Å². The van der Waals surface area contributed by atoms with E-state index in [2.05, 4.69) is 15.4 Å². The van der Waals surface area contributed by atoms with Crippen molar-refractivity contribution in [2.24, 2.45) is 0 Å². The lowest BCUT2D eigenvalue weighted by atomic mass is 10.1. The van der Waals surface area contributed by atoms with Gasteiger partial charge in [-0.05, 0) is 36.4 Å². The average Bonchev–Trinajstić information content (AvgIpc) is 3.36. The first-order valence-corrected chi connectivity index (χ1v) is 8.66. The smallest absolute Gasteiger partial charge is 0.399 e. The Balaban J connectivity index is 1.67. The maximum Gasteiger partial charge on any atom is 0.435 e. The second kappa shape index (κ2) is 7.15. The molecule has 2 aromatic carbocycles. The normalized spacial score (nSPS) is 12.3. The lowest BCUT2D eigenvalue weighted by molar-refractivity contribution is -0.143. The molecule has 0 fully saturated rings. The summed E-state index contributed by atoms with van der Waals surface area (Å²) >= 11 is 0. The summed E-state index contributed by atoms with van der Waals surface area (Å²) in [5.74, 6) is 0. The van der Waals surface area contributed by atoms with Crippen molar-refractivity contribution < 1.29 is 26.3 Å². The van der Waals surface area contributed by atoms with Crippen molar-refractivity contribution in [3.8, 4) is 22.6 Å². The number of alkyl halides is 6. The van der Waals surface area contributed by atoms with Crippen LogP contribution in [0.5, 0.6) is 0 Å². The van der Waals surface area contributed by atoms with E-state index in [1.165, 1.54) is 28.9 Å². The highest BCUT2D eigenvalue weighted by Crippen LogP contribution is 2.36. The van der Waals surface area contributed by atoms with Gasteiger partial charge >= 0.3 is 12.4 Å². The fourth-order valence-corrected chi connectivity index (χ4v) is 2.84. The summed E-state index contributed by atoms with van der Waals surface area (Å²) in [5, 5.41) is 11.1. The minimum absolute atomic E-state index is 0.0217. The van der Waals surface area contributed by atoms with Crippen LogP contribution in [0.15, 0.2) is 60.8 Å². The third-order valence-electron chi connectivity index (χ3n) is 4.35. The number of rotatable bonds is 3. The number of benzene rings is 2. The van der Waals surface area contributed by atoms with Gasteiger partial charge in [-0.3, -0.25) is 0 Å². The van der Waals surface area contributed by atoms with E-state index < -0.39 is 23.7 Å². The molecule has 0 unspecified atom stereocenters. The highest BCUT2D eigenvalue weighted by atomic mass is 19.4. The summed E-state index contributed by atoms with van der Waals surface area (Å²) in [6.07, 6.45) is -8.43. The largest absolute Gasteiger partial charge is 0.435 e. The fraction of sp³-hybridized carbons (Fsp3) is 0.105. The van der Waals surface area contributed by atoms with Crippen molar-refractivity contribution in [1.29, 1.82) is 0 Å². The molecule has 0 aliphatic rings. The molecule has 2 aromatic heterocycles. The summed E-state index contributed by atoms with van der Waals surface area (Å²) in [7, 11) is 0. The lowest BCUT2D eigenvalue weighted by Gasteiger charge is -2.10. The fourth-order valence-electron chi connectivity index (χ4n) is 2.84. The van der Waals surface area contributed by atoms with Crippen LogP contribution in [0.25, 0.3) is 22.6 Å². The van der Waals surface area contributed by atoms with Gasteiger partial charge < -0.3 is 5.73 Å². The van der Waals surface area contributed by atoms with Crippen LogP contribution in [0.2, 0.25) is 0 Å². The summed E-state index contributed by atoms with van der Waals surface area (Å²) in [6, 6.07) is 12.1. The molecule has 0 atom stereocenters. The molecule has 4 aromatic rings. The van der Waals surface area contributed by atoms with Gasteiger partial charge in [0.15, 0.2) is 5.69 Å². The Morgan fingerprint density at radius 3 is 1.97 bits per heavy atom. The number of halogens is 6. The molecule has 0 saturated carbocycles. The van der Waals surface area contributed by atoms with Crippen molar-refractivity contribution in [3.05, 3.63) is 72.2 Å². The van der Waals surface area contributed by atoms with E-state index in [4.69, 9.17) is 5.73 Å². The van der Waals surface area contributed by atoms with Gasteiger partial charge in [-0.2, -0.15) is 31.4 Å². The summed E-state index contributed by atoms with van der Waals surface area (Å²) < 4.78 is 79.9.